The number of H-pyrrole nitrogens is 1. The lowest BCUT2D eigenvalue weighted by atomic mass is 10.2. The van der Waals surface area contributed by atoms with Crippen LogP contribution in [-0.4, -0.2) is 10.1 Å². The highest BCUT2D eigenvalue weighted by Gasteiger charge is 2.09. The van der Waals surface area contributed by atoms with Gasteiger partial charge in [-0.3, -0.25) is 0 Å². The van der Waals surface area contributed by atoms with Gasteiger partial charge in [0.05, 0.1) is 27.9 Å². The number of halogens is 2. The predicted molar refractivity (Wildman–Crippen MR) is 54.2 cm³/mol. The van der Waals surface area contributed by atoms with Gasteiger partial charge >= 0.3 is 0 Å². The minimum Gasteiger partial charge on any atom is -0.390 e. The van der Waals surface area contributed by atoms with Gasteiger partial charge in [-0.05, 0) is 6.07 Å². The molecule has 0 spiro atoms. The van der Waals surface area contributed by atoms with Crippen LogP contribution in [0.1, 0.15) is 5.69 Å². The molecule has 68 valence electrons. The maximum atomic E-state index is 8.95. The first-order valence-electron chi connectivity index (χ1n) is 3.79. The zero-order valence-electron chi connectivity index (χ0n) is 6.64. The van der Waals surface area contributed by atoms with Crippen molar-refractivity contribution in [1.29, 1.82) is 0 Å². The molecule has 0 aliphatic carbocycles. The monoisotopic (exact) mass is 215 g/mol. The minimum atomic E-state index is -0.107. The summed E-state index contributed by atoms with van der Waals surface area (Å²) in [6.07, 6.45) is 0. The first kappa shape index (κ1) is 8.88. The molecule has 0 unspecified atom stereocenters. The quantitative estimate of drug-likeness (QED) is 0.755. The van der Waals surface area contributed by atoms with Crippen LogP contribution in [0.15, 0.2) is 18.2 Å². The van der Waals surface area contributed by atoms with Crippen molar-refractivity contribution < 1.29 is 5.11 Å². The molecule has 2 aromatic rings. The summed E-state index contributed by atoms with van der Waals surface area (Å²) in [6, 6.07) is 5.46. The molecule has 0 amide bonds. The van der Waals surface area contributed by atoms with E-state index in [4.69, 9.17) is 28.3 Å². The predicted octanol–water partition coefficient (Wildman–Crippen LogP) is 2.97. The molecule has 0 aliphatic heterocycles. The topological polar surface area (TPSA) is 36.0 Å². The molecule has 1 heterocycles. The maximum absolute atomic E-state index is 8.95. The smallest absolute Gasteiger partial charge is 0.0846 e. The number of hydrogen-bond donors (Lipinski definition) is 2. The average Bonchev–Trinajstić information content (AvgIpc) is 2.45. The SMILES string of the molecule is OCc1[nH]c2c(Cl)cccc2c1Cl. The third-order valence-electron chi connectivity index (χ3n) is 1.95. The number of benzene rings is 1. The van der Waals surface area contributed by atoms with Gasteiger partial charge in [0.25, 0.3) is 0 Å². The van der Waals surface area contributed by atoms with Crippen molar-refractivity contribution in [3.8, 4) is 0 Å². The van der Waals surface area contributed by atoms with E-state index in [1.807, 2.05) is 12.1 Å². The van der Waals surface area contributed by atoms with Gasteiger partial charge in [-0.1, -0.05) is 35.3 Å². The minimum absolute atomic E-state index is 0.107. The van der Waals surface area contributed by atoms with Crippen molar-refractivity contribution in [2.24, 2.45) is 0 Å². The number of hydrogen-bond acceptors (Lipinski definition) is 1. The highest BCUT2D eigenvalue weighted by atomic mass is 35.5. The highest BCUT2D eigenvalue weighted by Crippen LogP contribution is 2.31. The molecule has 4 heteroatoms. The molecule has 0 atom stereocenters. The Morgan fingerprint density at radius 3 is 2.69 bits per heavy atom. The summed E-state index contributed by atoms with van der Waals surface area (Å²) >= 11 is 11.9. The van der Waals surface area contributed by atoms with Crippen molar-refractivity contribution in [2.45, 2.75) is 6.61 Å². The molecule has 2 N–H and O–H groups in total. The van der Waals surface area contributed by atoms with Crippen molar-refractivity contribution in [1.82, 2.24) is 4.98 Å². The van der Waals surface area contributed by atoms with Gasteiger partial charge in [-0.25, -0.2) is 0 Å². The van der Waals surface area contributed by atoms with Crippen LogP contribution in [0.3, 0.4) is 0 Å². The number of nitrogens with one attached hydrogen (secondary N) is 1. The van der Waals surface area contributed by atoms with Crippen LogP contribution in [0.5, 0.6) is 0 Å². The average molecular weight is 216 g/mol. The third kappa shape index (κ3) is 1.31. The Labute approximate surface area is 85.1 Å². The molecular weight excluding hydrogens is 209 g/mol. The highest BCUT2D eigenvalue weighted by molar-refractivity contribution is 6.40. The summed E-state index contributed by atoms with van der Waals surface area (Å²) in [5.74, 6) is 0. The van der Waals surface area contributed by atoms with Gasteiger partial charge in [0, 0.05) is 5.39 Å². The molecule has 0 aliphatic rings. The van der Waals surface area contributed by atoms with E-state index in [0.29, 0.717) is 15.7 Å². The molecule has 2 rings (SSSR count). The molecule has 1 aromatic carbocycles. The number of aliphatic hydroxyl groups is 1. The van der Waals surface area contributed by atoms with Gasteiger partial charge in [0.2, 0.25) is 0 Å². The fourth-order valence-corrected chi connectivity index (χ4v) is 1.80. The molecule has 0 saturated carbocycles. The van der Waals surface area contributed by atoms with E-state index in [1.165, 1.54) is 0 Å². The standard InChI is InChI=1S/C9H7Cl2NO/c10-6-3-1-2-5-8(11)7(4-13)12-9(5)6/h1-3,12-13H,4H2. The van der Waals surface area contributed by atoms with Crippen molar-refractivity contribution in [3.63, 3.8) is 0 Å². The van der Waals surface area contributed by atoms with E-state index in [1.54, 1.807) is 6.07 Å². The fraction of sp³-hybridized carbons (Fsp3) is 0.111. The molecule has 2 nitrogen and oxygen atoms in total. The van der Waals surface area contributed by atoms with Crippen LogP contribution in [0.2, 0.25) is 10.0 Å². The maximum Gasteiger partial charge on any atom is 0.0846 e. The second-order valence-corrected chi connectivity index (χ2v) is 3.52. The number of fused-ring (bicyclic) bond motifs is 1. The number of aliphatic hydroxyl groups excluding tert-OH is 1. The van der Waals surface area contributed by atoms with Crippen LogP contribution in [0, 0.1) is 0 Å². The van der Waals surface area contributed by atoms with Gasteiger partial charge in [-0.2, -0.15) is 0 Å². The molecule has 0 radical (unpaired) electrons. The van der Waals surface area contributed by atoms with Crippen molar-refractivity contribution in [3.05, 3.63) is 33.9 Å². The lowest BCUT2D eigenvalue weighted by Crippen LogP contribution is -1.81. The van der Waals surface area contributed by atoms with Crippen LogP contribution in [0.4, 0.5) is 0 Å². The molecule has 0 bridgehead atoms. The number of rotatable bonds is 1. The molecule has 1 aromatic heterocycles. The Hall–Kier alpha value is -0.700. The number of para-hydroxylation sites is 1. The van der Waals surface area contributed by atoms with Crippen LogP contribution < -0.4 is 0 Å². The van der Waals surface area contributed by atoms with E-state index >= 15 is 0 Å². The largest absolute Gasteiger partial charge is 0.390 e. The zero-order valence-corrected chi connectivity index (χ0v) is 8.15. The number of aromatic nitrogens is 1. The van der Waals surface area contributed by atoms with Crippen LogP contribution in [-0.2, 0) is 6.61 Å². The summed E-state index contributed by atoms with van der Waals surface area (Å²) in [5, 5.41) is 10.9. The Morgan fingerprint density at radius 2 is 2.08 bits per heavy atom. The second-order valence-electron chi connectivity index (χ2n) is 2.74. The van der Waals surface area contributed by atoms with E-state index in [0.717, 1.165) is 10.9 Å². The Balaban J connectivity index is 2.83. The summed E-state index contributed by atoms with van der Waals surface area (Å²) in [7, 11) is 0. The van der Waals surface area contributed by atoms with E-state index in [-0.39, 0.29) is 6.61 Å². The van der Waals surface area contributed by atoms with Gasteiger partial charge in [0.15, 0.2) is 0 Å². The zero-order chi connectivity index (χ0) is 9.42. The lowest BCUT2D eigenvalue weighted by molar-refractivity contribution is 0.278. The van der Waals surface area contributed by atoms with Gasteiger partial charge in [0.1, 0.15) is 0 Å². The van der Waals surface area contributed by atoms with E-state index in [2.05, 4.69) is 4.98 Å². The van der Waals surface area contributed by atoms with E-state index < -0.39 is 0 Å². The molecule has 0 fully saturated rings. The fourth-order valence-electron chi connectivity index (χ4n) is 1.31. The molecular formula is C9H7Cl2NO. The van der Waals surface area contributed by atoms with Crippen molar-refractivity contribution in [2.75, 3.05) is 0 Å². The summed E-state index contributed by atoms with van der Waals surface area (Å²) in [6.45, 7) is -0.107. The first-order valence-corrected chi connectivity index (χ1v) is 4.55. The Bertz CT molecular complexity index is 450. The van der Waals surface area contributed by atoms with E-state index in [9.17, 15) is 0 Å². The Morgan fingerprint density at radius 1 is 1.31 bits per heavy atom. The summed E-state index contributed by atoms with van der Waals surface area (Å²) in [5.41, 5.74) is 1.38. The normalized spacial score (nSPS) is 11.0. The van der Waals surface area contributed by atoms with Crippen molar-refractivity contribution >= 4 is 34.1 Å². The van der Waals surface area contributed by atoms with Crippen LogP contribution >= 0.6 is 23.2 Å². The molecule has 13 heavy (non-hydrogen) atoms. The Kier molecular flexibility index (Phi) is 2.20. The summed E-state index contributed by atoms with van der Waals surface area (Å²) in [4.78, 5) is 2.97. The number of aromatic amines is 1. The lowest BCUT2D eigenvalue weighted by Gasteiger charge is -1.91. The third-order valence-corrected chi connectivity index (χ3v) is 2.70. The second kappa shape index (κ2) is 3.22. The van der Waals surface area contributed by atoms with Gasteiger partial charge < -0.3 is 10.1 Å². The summed E-state index contributed by atoms with van der Waals surface area (Å²) < 4.78 is 0. The first-order chi connectivity index (χ1) is 6.24. The molecule has 0 saturated heterocycles. The van der Waals surface area contributed by atoms with Gasteiger partial charge in [-0.15, -0.1) is 0 Å². The van der Waals surface area contributed by atoms with Crippen LogP contribution in [0.25, 0.3) is 10.9 Å².